The number of hydrogen-bond donors (Lipinski definition) is 1. The lowest BCUT2D eigenvalue weighted by molar-refractivity contribution is 0.210. The van der Waals surface area contributed by atoms with Crippen molar-refractivity contribution < 1.29 is 0 Å². The number of hydrogen-bond acceptors (Lipinski definition) is 2. The maximum absolute atomic E-state index is 3.56. The van der Waals surface area contributed by atoms with Crippen LogP contribution in [0.2, 0.25) is 0 Å². The van der Waals surface area contributed by atoms with E-state index in [4.69, 9.17) is 0 Å². The lowest BCUT2D eigenvalue weighted by Crippen LogP contribution is -2.45. The van der Waals surface area contributed by atoms with Gasteiger partial charge in [0, 0.05) is 25.7 Å². The molecular formula is C12H18N2. The predicted molar refractivity (Wildman–Crippen MR) is 59.3 cm³/mol. The van der Waals surface area contributed by atoms with Gasteiger partial charge in [-0.05, 0) is 12.1 Å². The van der Waals surface area contributed by atoms with Crippen molar-refractivity contribution in [2.75, 3.05) is 26.2 Å². The van der Waals surface area contributed by atoms with Gasteiger partial charge in [0.2, 0.25) is 0 Å². The van der Waals surface area contributed by atoms with Crippen LogP contribution >= 0.6 is 0 Å². The highest BCUT2D eigenvalue weighted by Gasteiger charge is 2.18. The number of nitrogens with one attached hydrogen (secondary N) is 1. The van der Waals surface area contributed by atoms with E-state index < -0.39 is 0 Å². The molecule has 1 heterocycles. The minimum atomic E-state index is 0.518. The molecule has 76 valence electrons. The van der Waals surface area contributed by atoms with E-state index in [1.54, 1.807) is 0 Å². The monoisotopic (exact) mass is 190 g/mol. The Morgan fingerprint density at radius 2 is 2.14 bits per heavy atom. The van der Waals surface area contributed by atoms with Crippen molar-refractivity contribution in [3.05, 3.63) is 35.9 Å². The molecule has 2 rings (SSSR count). The molecule has 0 bridgehead atoms. The van der Waals surface area contributed by atoms with Gasteiger partial charge in [0.05, 0.1) is 0 Å². The van der Waals surface area contributed by atoms with Gasteiger partial charge in [0.15, 0.2) is 0 Å². The van der Waals surface area contributed by atoms with Crippen LogP contribution in [-0.4, -0.2) is 31.1 Å². The number of nitrogens with zero attached hydrogens (tertiary/aromatic N) is 1. The zero-order chi connectivity index (χ0) is 9.80. The van der Waals surface area contributed by atoms with Crippen molar-refractivity contribution in [1.29, 1.82) is 0 Å². The topological polar surface area (TPSA) is 15.3 Å². The van der Waals surface area contributed by atoms with E-state index in [1.165, 1.54) is 12.1 Å². The second-order valence-electron chi connectivity index (χ2n) is 3.81. The van der Waals surface area contributed by atoms with Gasteiger partial charge in [0.25, 0.3) is 0 Å². The minimum absolute atomic E-state index is 0.518. The summed E-state index contributed by atoms with van der Waals surface area (Å²) in [6, 6.07) is 11.2. The first-order valence-corrected chi connectivity index (χ1v) is 5.41. The maximum Gasteiger partial charge on any atom is 0.0449 e. The first kappa shape index (κ1) is 9.69. The van der Waals surface area contributed by atoms with E-state index in [0.717, 1.165) is 19.6 Å². The third-order valence-electron chi connectivity index (χ3n) is 2.91. The van der Waals surface area contributed by atoms with Crippen LogP contribution in [-0.2, 0) is 0 Å². The van der Waals surface area contributed by atoms with E-state index in [-0.39, 0.29) is 0 Å². The summed E-state index contributed by atoms with van der Waals surface area (Å²) < 4.78 is 0. The molecule has 2 heteroatoms. The van der Waals surface area contributed by atoms with E-state index in [2.05, 4.69) is 47.5 Å². The highest BCUT2D eigenvalue weighted by Crippen LogP contribution is 2.16. The smallest absolute Gasteiger partial charge is 0.0449 e. The SMILES string of the molecule is CCN1CCN[C@H](c2ccccc2)C1. The average Bonchev–Trinajstić information content (AvgIpc) is 2.30. The molecule has 0 radical (unpaired) electrons. The predicted octanol–water partition coefficient (Wildman–Crippen LogP) is 1.65. The molecule has 1 aliphatic heterocycles. The Labute approximate surface area is 85.9 Å². The average molecular weight is 190 g/mol. The second-order valence-corrected chi connectivity index (χ2v) is 3.81. The van der Waals surface area contributed by atoms with Crippen LogP contribution in [0.1, 0.15) is 18.5 Å². The highest BCUT2D eigenvalue weighted by atomic mass is 15.2. The van der Waals surface area contributed by atoms with Gasteiger partial charge < -0.3 is 10.2 Å². The lowest BCUT2D eigenvalue weighted by Gasteiger charge is -2.33. The third kappa shape index (κ3) is 2.14. The summed E-state index contributed by atoms with van der Waals surface area (Å²) in [5.41, 5.74) is 1.41. The van der Waals surface area contributed by atoms with Gasteiger partial charge in [-0.1, -0.05) is 37.3 Å². The van der Waals surface area contributed by atoms with Crippen LogP contribution in [0.5, 0.6) is 0 Å². The Bertz CT molecular complexity index is 271. The number of rotatable bonds is 2. The second kappa shape index (κ2) is 4.58. The van der Waals surface area contributed by atoms with E-state index in [9.17, 15) is 0 Å². The number of benzene rings is 1. The summed E-state index contributed by atoms with van der Waals surface area (Å²) in [5, 5.41) is 3.56. The molecule has 2 nitrogen and oxygen atoms in total. The van der Waals surface area contributed by atoms with Crippen LogP contribution < -0.4 is 5.32 Å². The van der Waals surface area contributed by atoms with Crippen molar-refractivity contribution in [2.24, 2.45) is 0 Å². The van der Waals surface area contributed by atoms with Gasteiger partial charge >= 0.3 is 0 Å². The first-order valence-electron chi connectivity index (χ1n) is 5.41. The number of likely N-dealkylation sites (N-methyl/N-ethyl adjacent to an activating group) is 1. The van der Waals surface area contributed by atoms with Crippen molar-refractivity contribution in [1.82, 2.24) is 10.2 Å². The Morgan fingerprint density at radius 1 is 1.36 bits per heavy atom. The summed E-state index contributed by atoms with van der Waals surface area (Å²) in [6.45, 7) is 6.81. The standard InChI is InChI=1S/C12H18N2/c1-2-14-9-8-13-12(10-14)11-6-4-3-5-7-11/h3-7,12-13H,2,8-10H2,1H3/t12-/m0/s1. The molecule has 0 amide bonds. The molecule has 0 unspecified atom stereocenters. The molecule has 1 aromatic carbocycles. The van der Waals surface area contributed by atoms with Crippen molar-refractivity contribution in [3.63, 3.8) is 0 Å². The molecule has 1 fully saturated rings. The minimum Gasteiger partial charge on any atom is -0.308 e. The zero-order valence-electron chi connectivity index (χ0n) is 8.74. The van der Waals surface area contributed by atoms with Gasteiger partial charge in [-0.2, -0.15) is 0 Å². The van der Waals surface area contributed by atoms with E-state index >= 15 is 0 Å². The molecule has 0 aromatic heterocycles. The summed E-state index contributed by atoms with van der Waals surface area (Å²) in [7, 11) is 0. The molecule has 1 N–H and O–H groups in total. The Kier molecular flexibility index (Phi) is 3.17. The van der Waals surface area contributed by atoms with Crippen LogP contribution in [0, 0.1) is 0 Å². The fourth-order valence-corrected chi connectivity index (χ4v) is 2.01. The van der Waals surface area contributed by atoms with Gasteiger partial charge in [-0.3, -0.25) is 0 Å². The van der Waals surface area contributed by atoms with Gasteiger partial charge in [-0.15, -0.1) is 0 Å². The molecular weight excluding hydrogens is 172 g/mol. The molecule has 0 spiro atoms. The number of piperazine rings is 1. The normalized spacial score (nSPS) is 23.6. The Morgan fingerprint density at radius 3 is 2.86 bits per heavy atom. The van der Waals surface area contributed by atoms with Crippen LogP contribution in [0.25, 0.3) is 0 Å². The van der Waals surface area contributed by atoms with Crippen molar-refractivity contribution >= 4 is 0 Å². The quantitative estimate of drug-likeness (QED) is 0.763. The van der Waals surface area contributed by atoms with Crippen LogP contribution in [0.15, 0.2) is 30.3 Å². The Hall–Kier alpha value is -0.860. The van der Waals surface area contributed by atoms with Gasteiger partial charge in [0.1, 0.15) is 0 Å². The lowest BCUT2D eigenvalue weighted by atomic mass is 10.0. The molecule has 1 atom stereocenters. The summed E-state index contributed by atoms with van der Waals surface area (Å²) in [5.74, 6) is 0. The van der Waals surface area contributed by atoms with Crippen molar-refractivity contribution in [3.8, 4) is 0 Å². The fraction of sp³-hybridized carbons (Fsp3) is 0.500. The van der Waals surface area contributed by atoms with Crippen LogP contribution in [0.3, 0.4) is 0 Å². The van der Waals surface area contributed by atoms with Crippen molar-refractivity contribution in [2.45, 2.75) is 13.0 Å². The zero-order valence-corrected chi connectivity index (χ0v) is 8.74. The highest BCUT2D eigenvalue weighted by molar-refractivity contribution is 5.19. The first-order chi connectivity index (χ1) is 6.90. The van der Waals surface area contributed by atoms with E-state index in [1.807, 2.05) is 0 Å². The molecule has 1 aromatic rings. The summed E-state index contributed by atoms with van der Waals surface area (Å²) in [4.78, 5) is 2.49. The molecule has 0 aliphatic carbocycles. The van der Waals surface area contributed by atoms with Crippen LogP contribution in [0.4, 0.5) is 0 Å². The third-order valence-corrected chi connectivity index (χ3v) is 2.91. The summed E-state index contributed by atoms with van der Waals surface area (Å²) >= 11 is 0. The Balaban J connectivity index is 2.04. The molecule has 14 heavy (non-hydrogen) atoms. The summed E-state index contributed by atoms with van der Waals surface area (Å²) in [6.07, 6.45) is 0. The maximum atomic E-state index is 3.56. The largest absolute Gasteiger partial charge is 0.308 e. The fourth-order valence-electron chi connectivity index (χ4n) is 2.01. The van der Waals surface area contributed by atoms with Gasteiger partial charge in [-0.25, -0.2) is 0 Å². The van der Waals surface area contributed by atoms with E-state index in [0.29, 0.717) is 6.04 Å². The molecule has 1 aliphatic rings. The molecule has 0 saturated carbocycles. The molecule has 1 saturated heterocycles.